The fourth-order valence-electron chi connectivity index (χ4n) is 7.75. The molecule has 7 rings (SSSR count). The Labute approximate surface area is 328 Å². The van der Waals surface area contributed by atoms with Crippen LogP contribution in [0.3, 0.4) is 0 Å². The van der Waals surface area contributed by atoms with Crippen LogP contribution in [-0.2, 0) is 34.7 Å². The van der Waals surface area contributed by atoms with Crippen molar-refractivity contribution in [1.82, 2.24) is 19.8 Å². The maximum Gasteiger partial charge on any atom is 0.416 e. The molecule has 54 heavy (non-hydrogen) atoms. The third-order valence-corrected chi connectivity index (χ3v) is 10.6. The minimum Gasteiger partial charge on any atom is -0.486 e. The number of carbonyl (C=O) groups is 1. The molecule has 3 aromatic carbocycles. The number of ether oxygens (including phenoxy) is 3. The van der Waals surface area contributed by atoms with Gasteiger partial charge in [-0.1, -0.05) is 42.5 Å². The lowest BCUT2D eigenvalue weighted by atomic mass is 9.69. The summed E-state index contributed by atoms with van der Waals surface area (Å²) in [6, 6.07) is 22.9. The molecule has 2 aliphatic rings. The Kier molecular flexibility index (Phi) is 13.5. The summed E-state index contributed by atoms with van der Waals surface area (Å²) in [7, 11) is 7.92. The first-order valence-corrected chi connectivity index (χ1v) is 18.4. The number of piperidine rings is 1. The zero-order chi connectivity index (χ0) is 37.8. The van der Waals surface area contributed by atoms with Gasteiger partial charge in [0.1, 0.15) is 17.5 Å². The minimum absolute atomic E-state index is 0. The number of rotatable bonds is 10. The van der Waals surface area contributed by atoms with Crippen molar-refractivity contribution in [3.05, 3.63) is 130 Å². The Hall–Kier alpha value is -3.94. The van der Waals surface area contributed by atoms with Gasteiger partial charge in [-0.3, -0.25) is 9.88 Å². The highest BCUT2D eigenvalue weighted by molar-refractivity contribution is 9.10. The van der Waals surface area contributed by atoms with Gasteiger partial charge >= 0.3 is 12.1 Å². The summed E-state index contributed by atoms with van der Waals surface area (Å²) in [6.45, 7) is 1.96. The van der Waals surface area contributed by atoms with Crippen molar-refractivity contribution in [2.45, 2.75) is 43.2 Å². The van der Waals surface area contributed by atoms with Crippen LogP contribution in [0.2, 0.25) is 0 Å². The van der Waals surface area contributed by atoms with E-state index in [0.29, 0.717) is 17.9 Å². The third-order valence-electron chi connectivity index (χ3n) is 10.2. The Morgan fingerprint density at radius 3 is 2.46 bits per heavy atom. The molecular weight excluding hydrogens is 785 g/mol. The van der Waals surface area contributed by atoms with Crippen LogP contribution >= 0.6 is 28.3 Å². The predicted molar refractivity (Wildman–Crippen MR) is 209 cm³/mol. The van der Waals surface area contributed by atoms with E-state index in [0.717, 1.165) is 54.5 Å². The minimum atomic E-state index is -4.33. The van der Waals surface area contributed by atoms with Crippen molar-refractivity contribution < 1.29 is 32.2 Å². The molecule has 1 aliphatic heterocycles. The molecule has 0 radical (unpaired) electrons. The van der Waals surface area contributed by atoms with E-state index in [4.69, 9.17) is 14.2 Å². The molecule has 1 saturated heterocycles. The predicted octanol–water partition coefficient (Wildman–Crippen LogP) is 8.77. The average Bonchev–Trinajstić information content (AvgIpc) is 3.48. The smallest absolute Gasteiger partial charge is 0.416 e. The number of methoxy groups -OCH3 is 1. The van der Waals surface area contributed by atoms with Crippen LogP contribution in [0.15, 0.2) is 102 Å². The van der Waals surface area contributed by atoms with Crippen LogP contribution in [0.25, 0.3) is 10.9 Å². The number of likely N-dealkylation sites (N-methyl/N-ethyl adjacent to an activating group) is 1. The number of alkyl halides is 3. The van der Waals surface area contributed by atoms with Gasteiger partial charge in [0.05, 0.1) is 17.7 Å². The molecule has 4 unspecified atom stereocenters. The number of likely N-dealkylation sites (tertiary alicyclic amines) is 1. The van der Waals surface area contributed by atoms with Gasteiger partial charge in [-0.2, -0.15) is 13.2 Å². The van der Waals surface area contributed by atoms with Gasteiger partial charge in [0.15, 0.2) is 0 Å². The summed E-state index contributed by atoms with van der Waals surface area (Å²) in [5, 5.41) is 4.37. The molecule has 288 valence electrons. The number of hydrogen-bond acceptors (Lipinski definition) is 7. The van der Waals surface area contributed by atoms with E-state index in [1.54, 1.807) is 12.3 Å². The number of fused-ring (bicyclic) bond motifs is 2. The summed E-state index contributed by atoms with van der Waals surface area (Å²) < 4.78 is 58.6. The van der Waals surface area contributed by atoms with E-state index in [1.165, 1.54) is 40.4 Å². The molecule has 5 aromatic rings. The lowest BCUT2D eigenvalue weighted by Crippen LogP contribution is -2.59. The van der Waals surface area contributed by atoms with E-state index in [2.05, 4.69) is 74.2 Å². The molecule has 8 nitrogen and oxygen atoms in total. The van der Waals surface area contributed by atoms with Crippen LogP contribution in [0.5, 0.6) is 5.75 Å². The van der Waals surface area contributed by atoms with Crippen molar-refractivity contribution in [3.63, 3.8) is 0 Å². The molecule has 1 aliphatic carbocycles. The van der Waals surface area contributed by atoms with Crippen molar-refractivity contribution in [1.29, 1.82) is 0 Å². The van der Waals surface area contributed by atoms with Gasteiger partial charge in [-0.25, -0.2) is 4.79 Å². The highest BCUT2D eigenvalue weighted by atomic mass is 79.9. The second-order valence-electron chi connectivity index (χ2n) is 13.7. The Morgan fingerprint density at radius 2 is 1.80 bits per heavy atom. The first-order valence-electron chi connectivity index (χ1n) is 17.6. The summed E-state index contributed by atoms with van der Waals surface area (Å²) in [5.74, 6) is 0.255. The van der Waals surface area contributed by atoms with E-state index in [1.807, 2.05) is 44.5 Å². The number of nitrogens with zero attached hydrogens (tertiary/aromatic N) is 3. The van der Waals surface area contributed by atoms with Gasteiger partial charge in [-0.15, -0.1) is 12.4 Å². The molecule has 3 heterocycles. The highest BCUT2D eigenvalue weighted by Gasteiger charge is 2.52. The zero-order valence-corrected chi connectivity index (χ0v) is 33.0. The van der Waals surface area contributed by atoms with E-state index in [9.17, 15) is 18.0 Å². The third kappa shape index (κ3) is 8.95. The number of carbonyl (C=O) groups excluding carboxylic acids is 1. The fraction of sp³-hybridized carbons (Fsp3) is 0.366. The molecule has 4 atom stereocenters. The summed E-state index contributed by atoms with van der Waals surface area (Å²) in [5.41, 5.74) is 4.22. The molecular formula is C41H45BrClF3N4O4. The van der Waals surface area contributed by atoms with E-state index < -0.39 is 17.3 Å². The zero-order valence-electron chi connectivity index (χ0n) is 30.6. The van der Waals surface area contributed by atoms with Crippen molar-refractivity contribution in [2.24, 2.45) is 13.0 Å². The van der Waals surface area contributed by atoms with Gasteiger partial charge in [0, 0.05) is 73.0 Å². The molecule has 0 saturated carbocycles. The Morgan fingerprint density at radius 1 is 1.06 bits per heavy atom. The normalized spacial score (nSPS) is 19.9. The Balaban J connectivity index is 0.000000217. The number of benzene rings is 3. The van der Waals surface area contributed by atoms with Crippen LogP contribution in [0, 0.1) is 5.92 Å². The standard InChI is InChI=1S/C24H26BrN3O3.C17H18F3NO.ClH/c1-27-13-17-8-21-24(30-3,19-5-4-6-20(27)22(17)19)9-15(12-28(21)2)14-31-23(29)16-7-18(25)11-26-10-16;1-21-12-11-16(13-5-3-2-4-6-13)22-15-9-7-14(8-10-15)17(18,19)20;/h4-7,10-11,13,15,21H,8-9,12,14H2,1-3H3;2-10,16,21H,11-12H2,1H3;1H. The van der Waals surface area contributed by atoms with Crippen molar-refractivity contribution in [3.8, 4) is 5.75 Å². The van der Waals surface area contributed by atoms with Crippen LogP contribution in [-0.4, -0.2) is 67.4 Å². The number of hydrogen-bond donors (Lipinski definition) is 1. The molecule has 0 bridgehead atoms. The second kappa shape index (κ2) is 17.7. The molecule has 1 N–H and O–H groups in total. The fourth-order valence-corrected chi connectivity index (χ4v) is 8.11. The maximum atomic E-state index is 12.6. The number of aromatic nitrogens is 2. The molecule has 0 spiro atoms. The average molecular weight is 830 g/mol. The van der Waals surface area contributed by atoms with E-state index in [-0.39, 0.29) is 36.4 Å². The first-order chi connectivity index (χ1) is 25.4. The van der Waals surface area contributed by atoms with Gasteiger partial charge < -0.3 is 24.1 Å². The monoisotopic (exact) mass is 828 g/mol. The summed E-state index contributed by atoms with van der Waals surface area (Å²) in [6.07, 6.45) is 3.39. The lowest BCUT2D eigenvalue weighted by Gasteiger charge is -2.53. The quantitative estimate of drug-likeness (QED) is 0.141. The van der Waals surface area contributed by atoms with Crippen LogP contribution in [0.1, 0.15) is 51.6 Å². The SMILES string of the molecule is CNCCC(Oc1ccc(C(F)(F)F)cc1)c1ccccc1.COC12CC(COC(=O)c3cncc(Br)c3)CN(C)C1Cc1cn(C)c3cccc2c13.Cl. The second-order valence-corrected chi connectivity index (χ2v) is 14.6. The Bertz CT molecular complexity index is 2010. The van der Waals surface area contributed by atoms with Crippen molar-refractivity contribution in [2.75, 3.05) is 40.9 Å². The number of pyridine rings is 1. The highest BCUT2D eigenvalue weighted by Crippen LogP contribution is 2.49. The summed E-state index contributed by atoms with van der Waals surface area (Å²) >= 11 is 3.35. The number of esters is 1. The summed E-state index contributed by atoms with van der Waals surface area (Å²) in [4.78, 5) is 19.0. The molecule has 1 fully saturated rings. The number of aryl methyl sites for hydroxylation is 1. The van der Waals surface area contributed by atoms with Crippen molar-refractivity contribution >= 4 is 45.2 Å². The van der Waals surface area contributed by atoms with Gasteiger partial charge in [0.2, 0.25) is 0 Å². The largest absolute Gasteiger partial charge is 0.486 e. The maximum absolute atomic E-state index is 12.6. The van der Waals surface area contributed by atoms with Gasteiger partial charge in [0.25, 0.3) is 0 Å². The van der Waals surface area contributed by atoms with Crippen LogP contribution < -0.4 is 10.1 Å². The van der Waals surface area contributed by atoms with E-state index >= 15 is 0 Å². The van der Waals surface area contributed by atoms with Gasteiger partial charge in [-0.05, 0) is 103 Å². The molecule has 13 heteroatoms. The van der Waals surface area contributed by atoms with Crippen LogP contribution in [0.4, 0.5) is 13.2 Å². The molecule has 0 amide bonds. The number of nitrogens with one attached hydrogen (secondary N) is 1. The molecule has 2 aromatic heterocycles. The topological polar surface area (TPSA) is 77.8 Å². The lowest BCUT2D eigenvalue weighted by molar-refractivity contribution is -0.137. The first kappa shape index (κ1) is 41.2. The number of halogens is 5.